The first-order valence-corrected chi connectivity index (χ1v) is 10.0. The molecule has 0 atom stereocenters. The van der Waals surface area contributed by atoms with Crippen LogP contribution in [0, 0.1) is 6.92 Å². The highest BCUT2D eigenvalue weighted by atomic mass is 15.1. The third kappa shape index (κ3) is 3.67. The van der Waals surface area contributed by atoms with Gasteiger partial charge in [0.15, 0.2) is 0 Å². The molecule has 0 aliphatic carbocycles. The molecule has 0 radical (unpaired) electrons. The minimum Gasteiger partial charge on any atom is -0.361 e. The van der Waals surface area contributed by atoms with Gasteiger partial charge in [0.2, 0.25) is 5.95 Å². The van der Waals surface area contributed by atoms with Crippen molar-refractivity contribution in [1.29, 1.82) is 0 Å². The van der Waals surface area contributed by atoms with Gasteiger partial charge in [0.05, 0.1) is 11.2 Å². The lowest BCUT2D eigenvalue weighted by Gasteiger charge is -2.11. The second kappa shape index (κ2) is 7.83. The van der Waals surface area contributed by atoms with Gasteiger partial charge in [-0.1, -0.05) is 36.4 Å². The Balaban J connectivity index is 1.32. The quantitative estimate of drug-likeness (QED) is 0.368. The van der Waals surface area contributed by atoms with Crippen LogP contribution in [0.4, 0.5) is 17.5 Å². The normalized spacial score (nSPS) is 11.1. The summed E-state index contributed by atoms with van der Waals surface area (Å²) in [5.41, 5.74) is 5.19. The molecule has 148 valence electrons. The van der Waals surface area contributed by atoms with E-state index in [4.69, 9.17) is 0 Å². The molecule has 5 aromatic rings. The second-order valence-electron chi connectivity index (χ2n) is 7.26. The van der Waals surface area contributed by atoms with E-state index in [0.717, 1.165) is 46.6 Å². The first-order chi connectivity index (χ1) is 14.8. The van der Waals surface area contributed by atoms with Crippen molar-refractivity contribution in [2.45, 2.75) is 13.3 Å². The number of aryl methyl sites for hydroxylation is 1. The standard InChI is InChI=1S/C24H22N6/c1-16-14-22(29-21-10-4-6-17-7-5-12-25-23(17)21)30-24(28-16)26-13-11-18-15-27-20-9-3-2-8-19(18)20/h2-10,12,14-15,27H,11,13H2,1H3,(H2,26,28,29,30). The van der Waals surface area contributed by atoms with Crippen molar-refractivity contribution in [1.82, 2.24) is 19.9 Å². The zero-order valence-corrected chi connectivity index (χ0v) is 16.7. The Hall–Kier alpha value is -3.93. The van der Waals surface area contributed by atoms with Crippen molar-refractivity contribution in [2.75, 3.05) is 17.2 Å². The zero-order valence-electron chi connectivity index (χ0n) is 16.7. The van der Waals surface area contributed by atoms with Crippen LogP contribution in [0.2, 0.25) is 0 Å². The molecule has 6 nitrogen and oxygen atoms in total. The highest BCUT2D eigenvalue weighted by Gasteiger charge is 2.07. The molecule has 0 aliphatic heterocycles. The number of hydrogen-bond acceptors (Lipinski definition) is 5. The second-order valence-corrected chi connectivity index (χ2v) is 7.26. The molecular formula is C24H22N6. The van der Waals surface area contributed by atoms with Gasteiger partial charge in [-0.05, 0) is 37.1 Å². The topological polar surface area (TPSA) is 78.5 Å². The Morgan fingerprint density at radius 3 is 2.83 bits per heavy atom. The Morgan fingerprint density at radius 1 is 0.967 bits per heavy atom. The molecule has 0 aliphatic rings. The third-order valence-electron chi connectivity index (χ3n) is 5.10. The number of para-hydroxylation sites is 2. The summed E-state index contributed by atoms with van der Waals surface area (Å²) in [4.78, 5) is 17.0. The highest BCUT2D eigenvalue weighted by molar-refractivity contribution is 5.91. The van der Waals surface area contributed by atoms with Gasteiger partial charge in [0.1, 0.15) is 5.82 Å². The SMILES string of the molecule is Cc1cc(Nc2cccc3cccnc23)nc(NCCc2c[nH]c3ccccc23)n1. The van der Waals surface area contributed by atoms with Crippen LogP contribution in [0.1, 0.15) is 11.3 Å². The summed E-state index contributed by atoms with van der Waals surface area (Å²) in [5, 5.41) is 9.11. The van der Waals surface area contributed by atoms with Crippen molar-refractivity contribution >= 4 is 39.3 Å². The monoisotopic (exact) mass is 394 g/mol. The lowest BCUT2D eigenvalue weighted by atomic mass is 10.1. The minimum atomic E-state index is 0.616. The predicted molar refractivity (Wildman–Crippen MR) is 122 cm³/mol. The Bertz CT molecular complexity index is 1320. The van der Waals surface area contributed by atoms with E-state index in [-0.39, 0.29) is 0 Å². The number of nitrogens with one attached hydrogen (secondary N) is 3. The fourth-order valence-electron chi connectivity index (χ4n) is 3.70. The average molecular weight is 394 g/mol. The van der Waals surface area contributed by atoms with Crippen molar-refractivity contribution in [3.8, 4) is 0 Å². The van der Waals surface area contributed by atoms with E-state index in [1.807, 2.05) is 37.3 Å². The van der Waals surface area contributed by atoms with E-state index < -0.39 is 0 Å². The van der Waals surface area contributed by atoms with Gasteiger partial charge in [-0.3, -0.25) is 4.98 Å². The third-order valence-corrected chi connectivity index (χ3v) is 5.10. The molecule has 0 unspecified atom stereocenters. The highest BCUT2D eigenvalue weighted by Crippen LogP contribution is 2.24. The fraction of sp³-hybridized carbons (Fsp3) is 0.125. The van der Waals surface area contributed by atoms with Crippen LogP contribution in [-0.4, -0.2) is 26.5 Å². The molecule has 0 amide bonds. The van der Waals surface area contributed by atoms with Crippen LogP contribution in [0.5, 0.6) is 0 Å². The summed E-state index contributed by atoms with van der Waals surface area (Å²) in [6.07, 6.45) is 4.76. The minimum absolute atomic E-state index is 0.616. The fourth-order valence-corrected chi connectivity index (χ4v) is 3.70. The number of benzene rings is 2. The summed E-state index contributed by atoms with van der Waals surface area (Å²) in [7, 11) is 0. The van der Waals surface area contributed by atoms with Gasteiger partial charge in [-0.15, -0.1) is 0 Å². The van der Waals surface area contributed by atoms with E-state index >= 15 is 0 Å². The molecular weight excluding hydrogens is 372 g/mol. The van der Waals surface area contributed by atoms with Gasteiger partial charge >= 0.3 is 0 Å². The van der Waals surface area contributed by atoms with Crippen LogP contribution in [0.3, 0.4) is 0 Å². The number of nitrogens with zero attached hydrogens (tertiary/aromatic N) is 3. The van der Waals surface area contributed by atoms with Crippen LogP contribution >= 0.6 is 0 Å². The summed E-state index contributed by atoms with van der Waals surface area (Å²) in [6, 6.07) is 20.4. The molecule has 6 heteroatoms. The van der Waals surface area contributed by atoms with Gasteiger partial charge < -0.3 is 15.6 Å². The first kappa shape index (κ1) is 18.1. The number of aromatic nitrogens is 4. The van der Waals surface area contributed by atoms with Crippen LogP contribution < -0.4 is 10.6 Å². The number of anilines is 3. The maximum absolute atomic E-state index is 4.65. The van der Waals surface area contributed by atoms with Crippen molar-refractivity contribution in [3.63, 3.8) is 0 Å². The number of pyridine rings is 1. The Kier molecular flexibility index (Phi) is 4.73. The molecule has 0 fully saturated rings. The lowest BCUT2D eigenvalue weighted by molar-refractivity contribution is 0.981. The van der Waals surface area contributed by atoms with E-state index in [1.165, 1.54) is 10.9 Å². The van der Waals surface area contributed by atoms with Crippen molar-refractivity contribution < 1.29 is 0 Å². The molecule has 3 heterocycles. The van der Waals surface area contributed by atoms with Gasteiger partial charge in [-0.25, -0.2) is 4.98 Å². The molecule has 2 aromatic carbocycles. The predicted octanol–water partition coefficient (Wildman–Crippen LogP) is 5.21. The molecule has 0 spiro atoms. The molecule has 3 aromatic heterocycles. The summed E-state index contributed by atoms with van der Waals surface area (Å²) >= 11 is 0. The van der Waals surface area contributed by atoms with E-state index in [9.17, 15) is 0 Å². The maximum Gasteiger partial charge on any atom is 0.224 e. The van der Waals surface area contributed by atoms with Crippen LogP contribution in [-0.2, 0) is 6.42 Å². The van der Waals surface area contributed by atoms with Crippen molar-refractivity contribution in [3.05, 3.63) is 84.3 Å². The number of aromatic amines is 1. The van der Waals surface area contributed by atoms with E-state index in [0.29, 0.717) is 5.95 Å². The molecule has 0 bridgehead atoms. The van der Waals surface area contributed by atoms with Gasteiger partial charge in [0.25, 0.3) is 0 Å². The van der Waals surface area contributed by atoms with Crippen LogP contribution in [0.15, 0.2) is 73.1 Å². The summed E-state index contributed by atoms with van der Waals surface area (Å²) in [6.45, 7) is 2.72. The Labute approximate surface area is 174 Å². The molecule has 0 saturated heterocycles. The Morgan fingerprint density at radius 2 is 1.87 bits per heavy atom. The smallest absolute Gasteiger partial charge is 0.224 e. The van der Waals surface area contributed by atoms with Gasteiger partial charge in [0, 0.05) is 47.0 Å². The largest absolute Gasteiger partial charge is 0.361 e. The van der Waals surface area contributed by atoms with E-state index in [2.05, 4.69) is 67.1 Å². The zero-order chi connectivity index (χ0) is 20.3. The van der Waals surface area contributed by atoms with E-state index in [1.54, 1.807) is 6.20 Å². The molecule has 30 heavy (non-hydrogen) atoms. The molecule has 3 N–H and O–H groups in total. The summed E-state index contributed by atoms with van der Waals surface area (Å²) < 4.78 is 0. The van der Waals surface area contributed by atoms with Crippen molar-refractivity contribution in [2.24, 2.45) is 0 Å². The number of rotatable bonds is 6. The number of fused-ring (bicyclic) bond motifs is 2. The van der Waals surface area contributed by atoms with Crippen LogP contribution in [0.25, 0.3) is 21.8 Å². The average Bonchev–Trinajstić information content (AvgIpc) is 3.17. The molecule has 5 rings (SSSR count). The maximum atomic E-state index is 4.65. The summed E-state index contributed by atoms with van der Waals surface area (Å²) in [5.74, 6) is 1.36. The molecule has 0 saturated carbocycles. The first-order valence-electron chi connectivity index (χ1n) is 10.0. The number of hydrogen-bond donors (Lipinski definition) is 3. The van der Waals surface area contributed by atoms with Gasteiger partial charge in [-0.2, -0.15) is 4.98 Å². The lowest BCUT2D eigenvalue weighted by Crippen LogP contribution is -2.09. The number of H-pyrrole nitrogens is 1.